The van der Waals surface area contributed by atoms with Crippen molar-refractivity contribution in [3.05, 3.63) is 63.6 Å². The van der Waals surface area contributed by atoms with Gasteiger partial charge in [0.2, 0.25) is 0 Å². The van der Waals surface area contributed by atoms with Gasteiger partial charge < -0.3 is 5.32 Å². The van der Waals surface area contributed by atoms with Gasteiger partial charge in [0.25, 0.3) is 5.56 Å². The van der Waals surface area contributed by atoms with Gasteiger partial charge in [-0.25, -0.2) is 9.97 Å². The number of halogens is 3. The molecule has 0 aliphatic carbocycles. The molecule has 0 spiro atoms. The lowest BCUT2D eigenvalue weighted by Crippen LogP contribution is -2.34. The Morgan fingerprint density at radius 1 is 1.17 bits per heavy atom. The second kappa shape index (κ2) is 7.55. The van der Waals surface area contributed by atoms with E-state index in [1.807, 2.05) is 13.0 Å². The Morgan fingerprint density at radius 2 is 1.90 bits per heavy atom. The zero-order valence-electron chi connectivity index (χ0n) is 15.8. The van der Waals surface area contributed by atoms with E-state index in [1.165, 1.54) is 10.8 Å². The van der Waals surface area contributed by atoms with E-state index < -0.39 is 11.9 Å². The predicted octanol–water partition coefficient (Wildman–Crippen LogP) is 3.03. The van der Waals surface area contributed by atoms with Crippen LogP contribution < -0.4 is 10.9 Å². The lowest BCUT2D eigenvalue weighted by Gasteiger charge is -2.23. The molecule has 0 amide bonds. The first-order valence-corrected chi connectivity index (χ1v) is 9.43. The Labute approximate surface area is 164 Å². The van der Waals surface area contributed by atoms with Gasteiger partial charge in [-0.2, -0.15) is 13.2 Å². The smallest absolute Gasteiger partial charge is 0.317 e. The number of benzene rings is 1. The largest absolute Gasteiger partial charge is 0.435 e. The number of aromatic nitrogens is 4. The first kappa shape index (κ1) is 19.5. The van der Waals surface area contributed by atoms with Gasteiger partial charge in [0.05, 0.1) is 23.3 Å². The molecule has 29 heavy (non-hydrogen) atoms. The monoisotopic (exact) mass is 403 g/mol. The molecular formula is C20H20F3N5O. The molecule has 6 nitrogen and oxygen atoms in total. The first-order chi connectivity index (χ1) is 13.8. The molecule has 1 N–H and O–H groups in total. The van der Waals surface area contributed by atoms with Crippen molar-refractivity contribution in [3.63, 3.8) is 0 Å². The summed E-state index contributed by atoms with van der Waals surface area (Å²) in [5.74, 6) is -0.0235. The summed E-state index contributed by atoms with van der Waals surface area (Å²) in [5, 5.41) is 3.25. The fourth-order valence-corrected chi connectivity index (χ4v) is 3.76. The van der Waals surface area contributed by atoms with Gasteiger partial charge >= 0.3 is 6.18 Å². The van der Waals surface area contributed by atoms with E-state index in [2.05, 4.69) is 20.3 Å². The van der Waals surface area contributed by atoms with Crippen molar-refractivity contribution in [1.82, 2.24) is 24.8 Å². The Bertz CT molecular complexity index is 1100. The summed E-state index contributed by atoms with van der Waals surface area (Å²) in [4.78, 5) is 25.2. The van der Waals surface area contributed by atoms with E-state index in [9.17, 15) is 18.0 Å². The molecule has 4 rings (SSSR count). The maximum absolute atomic E-state index is 13.4. The van der Waals surface area contributed by atoms with E-state index in [0.29, 0.717) is 16.7 Å². The maximum Gasteiger partial charge on any atom is 0.435 e. The molecule has 1 aliphatic rings. The summed E-state index contributed by atoms with van der Waals surface area (Å²) in [6.45, 7) is 3.10. The molecule has 1 fully saturated rings. The Kier molecular flexibility index (Phi) is 5.08. The van der Waals surface area contributed by atoms with Gasteiger partial charge in [0.15, 0.2) is 5.69 Å². The Balaban J connectivity index is 1.90. The number of nitrogens with zero attached hydrogens (tertiary/aromatic N) is 4. The number of rotatable bonds is 3. The molecule has 2 aromatic heterocycles. The fourth-order valence-electron chi connectivity index (χ4n) is 3.76. The lowest BCUT2D eigenvalue weighted by atomic mass is 9.94. The summed E-state index contributed by atoms with van der Waals surface area (Å²) >= 11 is 0. The molecule has 1 aliphatic heterocycles. The van der Waals surface area contributed by atoms with E-state index in [-0.39, 0.29) is 23.7 Å². The number of nitrogens with one attached hydrogen (secondary N) is 1. The van der Waals surface area contributed by atoms with Crippen LogP contribution in [0.2, 0.25) is 0 Å². The van der Waals surface area contributed by atoms with Gasteiger partial charge in [0, 0.05) is 18.3 Å². The maximum atomic E-state index is 13.4. The van der Waals surface area contributed by atoms with Crippen molar-refractivity contribution < 1.29 is 13.2 Å². The van der Waals surface area contributed by atoms with Crippen molar-refractivity contribution in [2.24, 2.45) is 0 Å². The normalized spacial score (nSPS) is 15.7. The molecule has 9 heteroatoms. The summed E-state index contributed by atoms with van der Waals surface area (Å²) in [7, 11) is 0. The van der Waals surface area contributed by atoms with Crippen molar-refractivity contribution in [1.29, 1.82) is 0 Å². The van der Waals surface area contributed by atoms with Crippen molar-refractivity contribution >= 4 is 11.0 Å². The molecular weight excluding hydrogens is 383 g/mol. The molecule has 1 saturated heterocycles. The number of alkyl halides is 3. The van der Waals surface area contributed by atoms with E-state index in [1.54, 1.807) is 12.1 Å². The Morgan fingerprint density at radius 3 is 2.62 bits per heavy atom. The summed E-state index contributed by atoms with van der Waals surface area (Å²) < 4.78 is 41.5. The lowest BCUT2D eigenvalue weighted by molar-refractivity contribution is -0.142. The standard InChI is InChI=1S/C20H20F3N5O/c1-12-2-3-14-16(10-12)28(11-15-18(20(21,22)23)26-9-8-25-15)19(29)17(27-14)13-4-6-24-7-5-13/h2-3,8-10,13,24H,4-7,11H2,1H3. The number of fused-ring (bicyclic) bond motifs is 1. The molecule has 3 aromatic rings. The molecule has 0 bridgehead atoms. The molecule has 3 heterocycles. The highest BCUT2D eigenvalue weighted by atomic mass is 19.4. The highest BCUT2D eigenvalue weighted by Gasteiger charge is 2.36. The zero-order chi connectivity index (χ0) is 20.6. The summed E-state index contributed by atoms with van der Waals surface area (Å²) in [6.07, 6.45) is -0.913. The van der Waals surface area contributed by atoms with E-state index >= 15 is 0 Å². The van der Waals surface area contributed by atoms with Crippen LogP contribution in [0.3, 0.4) is 0 Å². The van der Waals surface area contributed by atoms with Gasteiger partial charge in [0.1, 0.15) is 5.69 Å². The minimum absolute atomic E-state index is 0.0235. The van der Waals surface area contributed by atoms with Gasteiger partial charge in [-0.1, -0.05) is 6.07 Å². The van der Waals surface area contributed by atoms with Crippen LogP contribution in [0.5, 0.6) is 0 Å². The third-order valence-corrected chi connectivity index (χ3v) is 5.20. The fraction of sp³-hybridized carbons (Fsp3) is 0.400. The minimum atomic E-state index is -4.65. The third kappa shape index (κ3) is 3.87. The van der Waals surface area contributed by atoms with Crippen molar-refractivity contribution in [2.45, 2.75) is 38.4 Å². The van der Waals surface area contributed by atoms with Crippen molar-refractivity contribution in [2.75, 3.05) is 13.1 Å². The summed E-state index contributed by atoms with van der Waals surface area (Å²) in [6, 6.07) is 5.44. The zero-order valence-corrected chi connectivity index (χ0v) is 15.8. The highest BCUT2D eigenvalue weighted by Crippen LogP contribution is 2.30. The van der Waals surface area contributed by atoms with Crippen LogP contribution in [0.25, 0.3) is 11.0 Å². The van der Waals surface area contributed by atoms with Crippen LogP contribution >= 0.6 is 0 Å². The number of aryl methyl sites for hydroxylation is 1. The van der Waals surface area contributed by atoms with Crippen LogP contribution in [0.1, 0.15) is 41.4 Å². The first-order valence-electron chi connectivity index (χ1n) is 9.43. The molecule has 0 radical (unpaired) electrons. The number of hydrogen-bond acceptors (Lipinski definition) is 5. The van der Waals surface area contributed by atoms with Gasteiger partial charge in [-0.3, -0.25) is 14.3 Å². The third-order valence-electron chi connectivity index (χ3n) is 5.20. The van der Waals surface area contributed by atoms with Gasteiger partial charge in [-0.15, -0.1) is 0 Å². The minimum Gasteiger partial charge on any atom is -0.317 e. The van der Waals surface area contributed by atoms with E-state index in [0.717, 1.165) is 37.7 Å². The van der Waals surface area contributed by atoms with Crippen LogP contribution in [-0.2, 0) is 12.7 Å². The molecule has 0 saturated carbocycles. The van der Waals surface area contributed by atoms with E-state index in [4.69, 9.17) is 0 Å². The van der Waals surface area contributed by atoms with Gasteiger partial charge in [-0.05, 0) is 50.6 Å². The van der Waals surface area contributed by atoms with Crippen LogP contribution in [0, 0.1) is 6.92 Å². The predicted molar refractivity (Wildman–Crippen MR) is 102 cm³/mol. The average molecular weight is 403 g/mol. The highest BCUT2D eigenvalue weighted by molar-refractivity contribution is 5.75. The average Bonchev–Trinajstić information content (AvgIpc) is 2.70. The molecule has 152 valence electrons. The van der Waals surface area contributed by atoms with Crippen molar-refractivity contribution in [3.8, 4) is 0 Å². The van der Waals surface area contributed by atoms with Crippen LogP contribution in [0.4, 0.5) is 13.2 Å². The second-order valence-electron chi connectivity index (χ2n) is 7.25. The van der Waals surface area contributed by atoms with Crippen LogP contribution in [-0.4, -0.2) is 32.6 Å². The molecule has 0 unspecified atom stereocenters. The summed E-state index contributed by atoms with van der Waals surface area (Å²) in [5.41, 5.74) is 0.638. The number of hydrogen-bond donors (Lipinski definition) is 1. The molecule has 1 aromatic carbocycles. The Hall–Kier alpha value is -2.81. The number of piperidine rings is 1. The quantitative estimate of drug-likeness (QED) is 0.728. The SMILES string of the molecule is Cc1ccc2nc(C3CCNCC3)c(=O)n(Cc3nccnc3C(F)(F)F)c2c1. The topological polar surface area (TPSA) is 72.7 Å². The van der Waals surface area contributed by atoms with Crippen LogP contribution in [0.15, 0.2) is 35.4 Å². The molecule has 0 atom stereocenters. The second-order valence-corrected chi connectivity index (χ2v) is 7.25.